The lowest BCUT2D eigenvalue weighted by atomic mass is 10.0. The van der Waals surface area contributed by atoms with E-state index in [1.165, 1.54) is 7.11 Å². The quantitative estimate of drug-likeness (QED) is 0.610. The van der Waals surface area contributed by atoms with Gasteiger partial charge in [-0.05, 0) is 32.9 Å². The first-order valence-corrected chi connectivity index (χ1v) is 5.89. The monoisotopic (exact) mass is 243 g/mol. The lowest BCUT2D eigenvalue weighted by Gasteiger charge is -2.36. The Morgan fingerprint density at radius 1 is 1.47 bits per heavy atom. The number of hydrogen-bond donors (Lipinski definition) is 2. The molecule has 17 heavy (non-hydrogen) atoms. The summed E-state index contributed by atoms with van der Waals surface area (Å²) in [5, 5.41) is 3.25. The van der Waals surface area contributed by atoms with Gasteiger partial charge in [0.05, 0.1) is 13.7 Å². The van der Waals surface area contributed by atoms with Crippen LogP contribution in [0.4, 0.5) is 0 Å². The van der Waals surface area contributed by atoms with Crippen LogP contribution < -0.4 is 11.1 Å². The van der Waals surface area contributed by atoms with E-state index in [4.69, 9.17) is 10.5 Å². The van der Waals surface area contributed by atoms with Gasteiger partial charge in [-0.15, -0.1) is 0 Å². The number of hydrogen-bond acceptors (Lipinski definition) is 5. The van der Waals surface area contributed by atoms with Crippen molar-refractivity contribution in [1.29, 1.82) is 0 Å². The Labute approximate surface area is 101 Å². The summed E-state index contributed by atoms with van der Waals surface area (Å²) < 4.78 is 4.72. The minimum Gasteiger partial charge on any atom is -0.468 e. The zero-order valence-corrected chi connectivity index (χ0v) is 10.4. The van der Waals surface area contributed by atoms with Gasteiger partial charge in [-0.2, -0.15) is 0 Å². The number of carbonyl (C=O) groups excluding carboxylic acids is 2. The van der Waals surface area contributed by atoms with Gasteiger partial charge in [0.25, 0.3) is 0 Å². The van der Waals surface area contributed by atoms with Crippen molar-refractivity contribution in [3.63, 3.8) is 0 Å². The number of esters is 1. The Balaban J connectivity index is 2.70. The van der Waals surface area contributed by atoms with Crippen LogP contribution >= 0.6 is 0 Å². The Morgan fingerprint density at radius 2 is 2.06 bits per heavy atom. The molecule has 0 bridgehead atoms. The largest absolute Gasteiger partial charge is 0.468 e. The molecule has 6 nitrogen and oxygen atoms in total. The highest BCUT2D eigenvalue weighted by atomic mass is 16.5. The molecule has 0 aromatic heterocycles. The van der Waals surface area contributed by atoms with Crippen LogP contribution in [0, 0.1) is 0 Å². The molecular formula is C11H21N3O3. The summed E-state index contributed by atoms with van der Waals surface area (Å²) in [5.41, 5.74) is 5.23. The van der Waals surface area contributed by atoms with Gasteiger partial charge in [-0.1, -0.05) is 0 Å². The number of methoxy groups -OCH3 is 1. The van der Waals surface area contributed by atoms with Crippen molar-refractivity contribution in [2.45, 2.75) is 31.8 Å². The summed E-state index contributed by atoms with van der Waals surface area (Å²) in [6, 6.07) is -0.228. The SMILES string of the molecule is COC(=O)C(C)N(CC(N)=O)C1CCNCC1. The van der Waals surface area contributed by atoms with Gasteiger partial charge in [0.2, 0.25) is 5.91 Å². The van der Waals surface area contributed by atoms with Crippen molar-refractivity contribution in [3.8, 4) is 0 Å². The fourth-order valence-electron chi connectivity index (χ4n) is 2.21. The van der Waals surface area contributed by atoms with E-state index >= 15 is 0 Å². The van der Waals surface area contributed by atoms with Crippen LogP contribution in [0.25, 0.3) is 0 Å². The van der Waals surface area contributed by atoms with E-state index < -0.39 is 11.9 Å². The third-order valence-electron chi connectivity index (χ3n) is 3.16. The molecule has 1 rings (SSSR count). The fraction of sp³-hybridized carbons (Fsp3) is 0.818. The minimum atomic E-state index is -0.435. The number of rotatable bonds is 5. The first kappa shape index (κ1) is 13.9. The average Bonchev–Trinajstić information content (AvgIpc) is 2.35. The smallest absolute Gasteiger partial charge is 0.322 e. The van der Waals surface area contributed by atoms with E-state index in [1.807, 2.05) is 4.90 Å². The van der Waals surface area contributed by atoms with Crippen molar-refractivity contribution >= 4 is 11.9 Å². The van der Waals surface area contributed by atoms with E-state index in [1.54, 1.807) is 6.92 Å². The lowest BCUT2D eigenvalue weighted by molar-refractivity contribution is -0.148. The van der Waals surface area contributed by atoms with Crippen LogP contribution in [-0.4, -0.2) is 55.6 Å². The summed E-state index contributed by atoms with van der Waals surface area (Å²) in [4.78, 5) is 24.5. The number of carbonyl (C=O) groups is 2. The molecule has 1 saturated heterocycles. The number of primary amides is 1. The number of nitrogens with two attached hydrogens (primary N) is 1. The van der Waals surface area contributed by atoms with Crippen LogP contribution in [0.5, 0.6) is 0 Å². The Morgan fingerprint density at radius 3 is 2.53 bits per heavy atom. The number of piperidine rings is 1. The van der Waals surface area contributed by atoms with Crippen molar-refractivity contribution in [1.82, 2.24) is 10.2 Å². The molecule has 0 radical (unpaired) electrons. The molecule has 1 atom stereocenters. The lowest BCUT2D eigenvalue weighted by Crippen LogP contribution is -2.52. The number of nitrogens with one attached hydrogen (secondary N) is 1. The first-order valence-electron chi connectivity index (χ1n) is 5.89. The van der Waals surface area contributed by atoms with Crippen LogP contribution in [0.1, 0.15) is 19.8 Å². The molecule has 1 fully saturated rings. The van der Waals surface area contributed by atoms with E-state index in [-0.39, 0.29) is 18.6 Å². The molecule has 0 aromatic carbocycles. The molecule has 1 aliphatic rings. The van der Waals surface area contributed by atoms with E-state index in [0.717, 1.165) is 25.9 Å². The zero-order chi connectivity index (χ0) is 12.8. The van der Waals surface area contributed by atoms with Gasteiger partial charge in [0.1, 0.15) is 6.04 Å². The maximum atomic E-state index is 11.5. The van der Waals surface area contributed by atoms with Crippen molar-refractivity contribution in [3.05, 3.63) is 0 Å². The number of nitrogens with zero attached hydrogens (tertiary/aromatic N) is 1. The third kappa shape index (κ3) is 3.98. The maximum absolute atomic E-state index is 11.5. The van der Waals surface area contributed by atoms with Crippen molar-refractivity contribution in [2.75, 3.05) is 26.7 Å². The van der Waals surface area contributed by atoms with Gasteiger partial charge >= 0.3 is 5.97 Å². The van der Waals surface area contributed by atoms with Gasteiger partial charge in [-0.3, -0.25) is 14.5 Å². The van der Waals surface area contributed by atoms with Gasteiger partial charge in [0, 0.05) is 6.04 Å². The molecule has 3 N–H and O–H groups in total. The third-order valence-corrected chi connectivity index (χ3v) is 3.16. The fourth-order valence-corrected chi connectivity index (χ4v) is 2.21. The zero-order valence-electron chi connectivity index (χ0n) is 10.4. The molecule has 0 aliphatic carbocycles. The second-order valence-electron chi connectivity index (χ2n) is 4.32. The molecule has 1 amide bonds. The normalized spacial score (nSPS) is 19.0. The highest BCUT2D eigenvalue weighted by Crippen LogP contribution is 2.15. The average molecular weight is 243 g/mol. The highest BCUT2D eigenvalue weighted by Gasteiger charge is 2.30. The summed E-state index contributed by atoms with van der Waals surface area (Å²) >= 11 is 0. The van der Waals surface area contributed by atoms with Crippen LogP contribution in [0.15, 0.2) is 0 Å². The van der Waals surface area contributed by atoms with Crippen molar-refractivity contribution in [2.24, 2.45) is 5.73 Å². The summed E-state index contributed by atoms with van der Waals surface area (Å²) in [6.07, 6.45) is 1.82. The second-order valence-corrected chi connectivity index (χ2v) is 4.32. The molecule has 98 valence electrons. The van der Waals surface area contributed by atoms with Crippen LogP contribution in [0.2, 0.25) is 0 Å². The van der Waals surface area contributed by atoms with Gasteiger partial charge < -0.3 is 15.8 Å². The van der Waals surface area contributed by atoms with E-state index in [2.05, 4.69) is 5.32 Å². The molecule has 1 heterocycles. The predicted octanol–water partition coefficient (Wildman–Crippen LogP) is -0.913. The summed E-state index contributed by atoms with van der Waals surface area (Å²) in [5.74, 6) is -0.746. The van der Waals surface area contributed by atoms with Crippen LogP contribution in [0.3, 0.4) is 0 Å². The van der Waals surface area contributed by atoms with Crippen LogP contribution in [-0.2, 0) is 14.3 Å². The predicted molar refractivity (Wildman–Crippen MR) is 63.3 cm³/mol. The number of ether oxygens (including phenoxy) is 1. The molecule has 0 spiro atoms. The molecule has 1 unspecified atom stereocenters. The Hall–Kier alpha value is -1.14. The first-order chi connectivity index (χ1) is 8.06. The molecular weight excluding hydrogens is 222 g/mol. The second kappa shape index (κ2) is 6.56. The topological polar surface area (TPSA) is 84.7 Å². The summed E-state index contributed by atoms with van der Waals surface area (Å²) in [6.45, 7) is 3.64. The van der Waals surface area contributed by atoms with E-state index in [0.29, 0.717) is 0 Å². The molecule has 6 heteroatoms. The maximum Gasteiger partial charge on any atom is 0.322 e. The molecule has 1 aliphatic heterocycles. The highest BCUT2D eigenvalue weighted by molar-refractivity contribution is 5.79. The van der Waals surface area contributed by atoms with Gasteiger partial charge in [0.15, 0.2) is 0 Å². The molecule has 0 saturated carbocycles. The number of amides is 1. The summed E-state index contributed by atoms with van der Waals surface area (Å²) in [7, 11) is 1.35. The van der Waals surface area contributed by atoms with E-state index in [9.17, 15) is 9.59 Å². The van der Waals surface area contributed by atoms with Crippen molar-refractivity contribution < 1.29 is 14.3 Å². The Bertz CT molecular complexity index is 277. The minimum absolute atomic E-state index is 0.0981. The standard InChI is InChI=1S/C11H21N3O3/c1-8(11(16)17-2)14(7-10(12)15)9-3-5-13-6-4-9/h8-9,13H,3-7H2,1-2H3,(H2,12,15). The molecule has 0 aromatic rings. The van der Waals surface area contributed by atoms with Gasteiger partial charge in [-0.25, -0.2) is 0 Å². The Kier molecular flexibility index (Phi) is 5.37.